The van der Waals surface area contributed by atoms with Crippen LogP contribution in [0.1, 0.15) is 30.1 Å². The molecule has 0 amide bonds. The Kier molecular flexibility index (Phi) is 4.87. The predicted octanol–water partition coefficient (Wildman–Crippen LogP) is 2.73. The van der Waals surface area contributed by atoms with Gasteiger partial charge >= 0.3 is 0 Å². The molecule has 1 aromatic heterocycles. The quantitative estimate of drug-likeness (QED) is 0.828. The fourth-order valence-corrected chi connectivity index (χ4v) is 1.97. The number of aryl methyl sites for hydroxylation is 1. The maximum atomic E-state index is 13.6. The summed E-state index contributed by atoms with van der Waals surface area (Å²) in [4.78, 5) is 4.22. The van der Waals surface area contributed by atoms with Crippen LogP contribution >= 0.6 is 11.6 Å². The van der Waals surface area contributed by atoms with Crippen LogP contribution in [0, 0.1) is 5.82 Å². The number of halogens is 2. The Hall–Kier alpha value is -1.46. The highest BCUT2D eigenvalue weighted by Crippen LogP contribution is 2.21. The Morgan fingerprint density at radius 2 is 2.16 bits per heavy atom. The van der Waals surface area contributed by atoms with Crippen molar-refractivity contribution in [2.24, 2.45) is 5.73 Å². The summed E-state index contributed by atoms with van der Waals surface area (Å²) in [5.41, 5.74) is 5.80. The van der Waals surface area contributed by atoms with Gasteiger partial charge in [0.2, 0.25) is 5.89 Å². The second kappa shape index (κ2) is 6.63. The molecule has 19 heavy (non-hydrogen) atoms. The van der Waals surface area contributed by atoms with Gasteiger partial charge in [-0.05, 0) is 31.5 Å². The molecule has 0 saturated carbocycles. The van der Waals surface area contributed by atoms with E-state index in [9.17, 15) is 4.39 Å². The highest BCUT2D eigenvalue weighted by molar-refractivity contribution is 6.31. The van der Waals surface area contributed by atoms with E-state index in [4.69, 9.17) is 21.9 Å². The lowest BCUT2D eigenvalue weighted by Gasteiger charge is -2.01. The SMILES string of the molecule is NCCCCc1nc(Cc2c(F)cccc2Cl)no1. The molecule has 1 heterocycles. The van der Waals surface area contributed by atoms with Crippen LogP contribution < -0.4 is 5.73 Å². The lowest BCUT2D eigenvalue weighted by Crippen LogP contribution is -1.99. The highest BCUT2D eigenvalue weighted by Gasteiger charge is 2.12. The smallest absolute Gasteiger partial charge is 0.226 e. The van der Waals surface area contributed by atoms with E-state index in [0.717, 1.165) is 12.8 Å². The zero-order chi connectivity index (χ0) is 13.7. The summed E-state index contributed by atoms with van der Waals surface area (Å²) >= 11 is 5.95. The van der Waals surface area contributed by atoms with Crippen molar-refractivity contribution in [3.8, 4) is 0 Å². The monoisotopic (exact) mass is 283 g/mol. The molecule has 0 atom stereocenters. The van der Waals surface area contributed by atoms with Gasteiger partial charge in [-0.1, -0.05) is 22.8 Å². The summed E-state index contributed by atoms with van der Waals surface area (Å²) in [6.45, 7) is 0.645. The number of benzene rings is 1. The van der Waals surface area contributed by atoms with E-state index in [-0.39, 0.29) is 12.2 Å². The first kappa shape index (κ1) is 14.0. The fraction of sp³-hybridized carbons (Fsp3) is 0.385. The van der Waals surface area contributed by atoms with Crippen molar-refractivity contribution in [3.05, 3.63) is 46.3 Å². The molecule has 6 heteroatoms. The van der Waals surface area contributed by atoms with Crippen molar-refractivity contribution >= 4 is 11.6 Å². The normalized spacial score (nSPS) is 10.9. The van der Waals surface area contributed by atoms with Crippen molar-refractivity contribution in [2.45, 2.75) is 25.7 Å². The summed E-state index contributed by atoms with van der Waals surface area (Å²) < 4.78 is 18.7. The van der Waals surface area contributed by atoms with Crippen LogP contribution in [-0.2, 0) is 12.8 Å². The lowest BCUT2D eigenvalue weighted by atomic mass is 10.1. The highest BCUT2D eigenvalue weighted by atomic mass is 35.5. The molecule has 0 aliphatic rings. The van der Waals surface area contributed by atoms with Crippen molar-refractivity contribution < 1.29 is 8.91 Å². The predicted molar refractivity (Wildman–Crippen MR) is 70.5 cm³/mol. The molecule has 0 unspecified atom stereocenters. The van der Waals surface area contributed by atoms with Crippen LogP contribution in [-0.4, -0.2) is 16.7 Å². The third-order valence-corrected chi connectivity index (χ3v) is 3.11. The lowest BCUT2D eigenvalue weighted by molar-refractivity contribution is 0.370. The summed E-state index contributed by atoms with van der Waals surface area (Å²) in [5.74, 6) is 0.632. The molecule has 0 fully saturated rings. The zero-order valence-electron chi connectivity index (χ0n) is 10.4. The number of unbranched alkanes of at least 4 members (excludes halogenated alkanes) is 1. The van der Waals surface area contributed by atoms with Crippen LogP contribution in [0.2, 0.25) is 5.02 Å². The second-order valence-electron chi connectivity index (χ2n) is 4.23. The Bertz CT molecular complexity index is 524. The minimum Gasteiger partial charge on any atom is -0.339 e. The summed E-state index contributed by atoms with van der Waals surface area (Å²) in [7, 11) is 0. The van der Waals surface area contributed by atoms with Gasteiger partial charge in [0.05, 0.1) is 0 Å². The average molecular weight is 284 g/mol. The molecule has 2 aromatic rings. The number of rotatable bonds is 6. The molecule has 4 nitrogen and oxygen atoms in total. The summed E-state index contributed by atoms with van der Waals surface area (Å²) in [5, 5.41) is 4.20. The van der Waals surface area contributed by atoms with Gasteiger partial charge in [0.15, 0.2) is 5.82 Å². The van der Waals surface area contributed by atoms with Gasteiger partial charge in [0.1, 0.15) is 5.82 Å². The first-order chi connectivity index (χ1) is 9.20. The Morgan fingerprint density at radius 3 is 2.89 bits per heavy atom. The van der Waals surface area contributed by atoms with Gasteiger partial charge < -0.3 is 10.3 Å². The first-order valence-corrected chi connectivity index (χ1v) is 6.53. The third kappa shape index (κ3) is 3.75. The summed E-state index contributed by atoms with van der Waals surface area (Å²) in [6, 6.07) is 4.57. The van der Waals surface area contributed by atoms with Crippen LogP contribution in [0.15, 0.2) is 22.7 Å². The van der Waals surface area contributed by atoms with Crippen molar-refractivity contribution in [1.82, 2.24) is 10.1 Å². The van der Waals surface area contributed by atoms with Gasteiger partial charge in [-0.25, -0.2) is 4.39 Å². The molecule has 0 spiro atoms. The maximum absolute atomic E-state index is 13.6. The minimum atomic E-state index is -0.359. The van der Waals surface area contributed by atoms with Crippen LogP contribution in [0.3, 0.4) is 0 Å². The van der Waals surface area contributed by atoms with E-state index in [1.807, 2.05) is 0 Å². The molecule has 0 aliphatic carbocycles. The third-order valence-electron chi connectivity index (χ3n) is 2.75. The molecule has 0 saturated heterocycles. The second-order valence-corrected chi connectivity index (χ2v) is 4.63. The van der Waals surface area contributed by atoms with Gasteiger partial charge in [0.25, 0.3) is 0 Å². The number of hydrogen-bond donors (Lipinski definition) is 1. The minimum absolute atomic E-state index is 0.228. The molecule has 102 valence electrons. The molecular formula is C13H15ClFN3O. The topological polar surface area (TPSA) is 64.9 Å². The number of nitrogens with two attached hydrogens (primary N) is 1. The van der Waals surface area contributed by atoms with Gasteiger partial charge in [-0.15, -0.1) is 0 Å². The maximum Gasteiger partial charge on any atom is 0.226 e. The number of hydrogen-bond acceptors (Lipinski definition) is 4. The van der Waals surface area contributed by atoms with Crippen LogP contribution in [0.25, 0.3) is 0 Å². The van der Waals surface area contributed by atoms with Crippen molar-refractivity contribution in [1.29, 1.82) is 0 Å². The molecule has 0 aliphatic heterocycles. The van der Waals surface area contributed by atoms with E-state index >= 15 is 0 Å². The van der Waals surface area contributed by atoms with E-state index < -0.39 is 0 Å². The summed E-state index contributed by atoms with van der Waals surface area (Å²) in [6.07, 6.45) is 2.73. The fourth-order valence-electron chi connectivity index (χ4n) is 1.74. The van der Waals surface area contributed by atoms with E-state index in [0.29, 0.717) is 35.3 Å². The largest absolute Gasteiger partial charge is 0.339 e. The van der Waals surface area contributed by atoms with Gasteiger partial charge in [0, 0.05) is 23.4 Å². The van der Waals surface area contributed by atoms with Gasteiger partial charge in [-0.2, -0.15) is 4.98 Å². The Balaban J connectivity index is 2.03. The average Bonchev–Trinajstić information content (AvgIpc) is 2.82. The number of nitrogens with zero attached hydrogens (tertiary/aromatic N) is 2. The Labute approximate surface area is 115 Å². The first-order valence-electron chi connectivity index (χ1n) is 6.15. The Morgan fingerprint density at radius 1 is 1.32 bits per heavy atom. The molecule has 0 bridgehead atoms. The van der Waals surface area contributed by atoms with Crippen molar-refractivity contribution in [3.63, 3.8) is 0 Å². The molecule has 2 N–H and O–H groups in total. The van der Waals surface area contributed by atoms with Crippen LogP contribution in [0.5, 0.6) is 0 Å². The standard InChI is InChI=1S/C13H15ClFN3O/c14-10-4-3-5-11(15)9(10)8-12-17-13(19-18-12)6-1-2-7-16/h3-5H,1-2,6-8,16H2. The molecule has 1 aromatic carbocycles. The van der Waals surface area contributed by atoms with E-state index in [2.05, 4.69) is 10.1 Å². The van der Waals surface area contributed by atoms with E-state index in [1.165, 1.54) is 6.07 Å². The van der Waals surface area contributed by atoms with E-state index in [1.54, 1.807) is 12.1 Å². The molecule has 2 rings (SSSR count). The molecule has 0 radical (unpaired) electrons. The molecular weight excluding hydrogens is 269 g/mol. The zero-order valence-corrected chi connectivity index (χ0v) is 11.2. The van der Waals surface area contributed by atoms with Crippen molar-refractivity contribution in [2.75, 3.05) is 6.54 Å². The number of aromatic nitrogens is 2. The van der Waals surface area contributed by atoms with Gasteiger partial charge in [-0.3, -0.25) is 0 Å². The van der Waals surface area contributed by atoms with Crippen LogP contribution in [0.4, 0.5) is 4.39 Å².